The summed E-state index contributed by atoms with van der Waals surface area (Å²) in [5.74, 6) is -0.583. The highest BCUT2D eigenvalue weighted by Crippen LogP contribution is 2.34. The molecule has 27 heavy (non-hydrogen) atoms. The largest absolute Gasteiger partial charge is 0.337 e. The minimum absolute atomic E-state index is 0.0539. The van der Waals surface area contributed by atoms with Crippen molar-refractivity contribution in [1.29, 1.82) is 0 Å². The van der Waals surface area contributed by atoms with Gasteiger partial charge in [0, 0.05) is 28.6 Å². The predicted octanol–water partition coefficient (Wildman–Crippen LogP) is 4.64. The van der Waals surface area contributed by atoms with Crippen molar-refractivity contribution in [1.82, 2.24) is 15.0 Å². The van der Waals surface area contributed by atoms with Crippen molar-refractivity contribution < 1.29 is 18.1 Å². The second-order valence-corrected chi connectivity index (χ2v) is 7.19. The molecule has 1 unspecified atom stereocenters. The van der Waals surface area contributed by atoms with Crippen molar-refractivity contribution in [2.45, 2.75) is 25.4 Å². The van der Waals surface area contributed by atoms with E-state index in [4.69, 9.17) is 4.52 Å². The van der Waals surface area contributed by atoms with E-state index < -0.39 is 17.7 Å². The number of benzene rings is 2. The molecule has 0 N–H and O–H groups in total. The Kier molecular flexibility index (Phi) is 4.73. The quantitative estimate of drug-likeness (QED) is 0.601. The second-order valence-electron chi connectivity index (χ2n) is 6.28. The molecule has 5 nitrogen and oxygen atoms in total. The SMILES string of the molecule is O=C1CCC(c2nc(-c3cccc(Br)c3)no2)N1Cc1cc(F)ccc1F. The summed E-state index contributed by atoms with van der Waals surface area (Å²) >= 11 is 3.39. The van der Waals surface area contributed by atoms with Crippen LogP contribution in [0.3, 0.4) is 0 Å². The van der Waals surface area contributed by atoms with Crippen LogP contribution in [-0.4, -0.2) is 20.9 Å². The fourth-order valence-corrected chi connectivity index (χ4v) is 3.55. The van der Waals surface area contributed by atoms with Crippen molar-refractivity contribution >= 4 is 21.8 Å². The lowest BCUT2D eigenvalue weighted by molar-refractivity contribution is -0.130. The van der Waals surface area contributed by atoms with Crippen LogP contribution in [0.5, 0.6) is 0 Å². The van der Waals surface area contributed by atoms with Crippen LogP contribution < -0.4 is 0 Å². The summed E-state index contributed by atoms with van der Waals surface area (Å²) < 4.78 is 33.7. The molecule has 1 fully saturated rings. The van der Waals surface area contributed by atoms with E-state index in [0.717, 1.165) is 28.2 Å². The van der Waals surface area contributed by atoms with Crippen LogP contribution in [0.15, 0.2) is 51.5 Å². The lowest BCUT2D eigenvalue weighted by Crippen LogP contribution is -2.27. The molecule has 1 aliphatic rings. The van der Waals surface area contributed by atoms with Crippen LogP contribution in [0, 0.1) is 11.6 Å². The van der Waals surface area contributed by atoms with Crippen molar-refractivity contribution in [3.8, 4) is 11.4 Å². The van der Waals surface area contributed by atoms with Crippen molar-refractivity contribution in [2.75, 3.05) is 0 Å². The van der Waals surface area contributed by atoms with E-state index in [1.165, 1.54) is 4.90 Å². The zero-order valence-corrected chi connectivity index (χ0v) is 15.6. The van der Waals surface area contributed by atoms with Crippen molar-refractivity contribution in [3.05, 3.63) is 70.0 Å². The number of aromatic nitrogens is 2. The summed E-state index contributed by atoms with van der Waals surface area (Å²) in [5, 5.41) is 3.99. The lowest BCUT2D eigenvalue weighted by Gasteiger charge is -2.22. The van der Waals surface area contributed by atoms with Crippen LogP contribution >= 0.6 is 15.9 Å². The molecule has 1 saturated heterocycles. The first kappa shape index (κ1) is 17.8. The van der Waals surface area contributed by atoms with Gasteiger partial charge in [0.05, 0.1) is 0 Å². The fourth-order valence-electron chi connectivity index (χ4n) is 3.15. The minimum atomic E-state index is -0.560. The topological polar surface area (TPSA) is 59.2 Å². The van der Waals surface area contributed by atoms with Gasteiger partial charge in [0.1, 0.15) is 17.7 Å². The maximum Gasteiger partial charge on any atom is 0.249 e. The number of hydrogen-bond donors (Lipinski definition) is 0. The molecule has 4 rings (SSSR count). The average Bonchev–Trinajstić information content (AvgIpc) is 3.26. The van der Waals surface area contributed by atoms with Gasteiger partial charge in [-0.05, 0) is 36.8 Å². The van der Waals surface area contributed by atoms with Crippen LogP contribution in [0.2, 0.25) is 0 Å². The predicted molar refractivity (Wildman–Crippen MR) is 96.3 cm³/mol. The second kappa shape index (κ2) is 7.19. The molecule has 1 amide bonds. The van der Waals surface area contributed by atoms with E-state index in [2.05, 4.69) is 26.1 Å². The van der Waals surface area contributed by atoms with Gasteiger partial charge in [-0.15, -0.1) is 0 Å². The van der Waals surface area contributed by atoms with Gasteiger partial charge in [0.25, 0.3) is 0 Å². The van der Waals surface area contributed by atoms with E-state index >= 15 is 0 Å². The van der Waals surface area contributed by atoms with E-state index in [0.29, 0.717) is 12.2 Å². The molecule has 0 spiro atoms. The highest BCUT2D eigenvalue weighted by atomic mass is 79.9. The Balaban J connectivity index is 1.61. The first-order valence-electron chi connectivity index (χ1n) is 8.34. The van der Waals surface area contributed by atoms with E-state index in [-0.39, 0.29) is 30.3 Å². The normalized spacial score (nSPS) is 16.9. The first-order valence-corrected chi connectivity index (χ1v) is 9.13. The third kappa shape index (κ3) is 3.62. The zero-order chi connectivity index (χ0) is 19.0. The molecule has 0 bridgehead atoms. The summed E-state index contributed by atoms with van der Waals surface area (Å²) in [6.45, 7) is -0.0539. The molecule has 138 valence electrons. The Morgan fingerprint density at radius 3 is 2.89 bits per heavy atom. The van der Waals surface area contributed by atoms with Crippen molar-refractivity contribution in [2.24, 2.45) is 0 Å². The lowest BCUT2D eigenvalue weighted by atomic mass is 10.1. The van der Waals surface area contributed by atoms with Crippen LogP contribution in [-0.2, 0) is 11.3 Å². The van der Waals surface area contributed by atoms with Gasteiger partial charge >= 0.3 is 0 Å². The number of amides is 1. The number of rotatable bonds is 4. The molecule has 1 aliphatic heterocycles. The standard InChI is InChI=1S/C19H14BrF2N3O2/c20-13-3-1-2-11(8-13)18-23-19(27-24-18)16-6-7-17(26)25(16)10-12-9-14(21)4-5-15(12)22/h1-5,8-9,16H,6-7,10H2. The first-order chi connectivity index (χ1) is 13.0. The molecular weight excluding hydrogens is 420 g/mol. The molecule has 2 heterocycles. The third-order valence-electron chi connectivity index (χ3n) is 4.49. The summed E-state index contributed by atoms with van der Waals surface area (Å²) in [7, 11) is 0. The highest BCUT2D eigenvalue weighted by molar-refractivity contribution is 9.10. The summed E-state index contributed by atoms with van der Waals surface area (Å²) in [4.78, 5) is 18.2. The van der Waals surface area contributed by atoms with Gasteiger partial charge in [-0.3, -0.25) is 4.79 Å². The van der Waals surface area contributed by atoms with Gasteiger partial charge < -0.3 is 9.42 Å². The van der Waals surface area contributed by atoms with Gasteiger partial charge in [-0.1, -0.05) is 33.2 Å². The maximum atomic E-state index is 14.0. The molecule has 2 aromatic carbocycles. The monoisotopic (exact) mass is 433 g/mol. The zero-order valence-electron chi connectivity index (χ0n) is 14.0. The molecule has 1 atom stereocenters. The van der Waals surface area contributed by atoms with E-state index in [9.17, 15) is 13.6 Å². The molecule has 8 heteroatoms. The Labute approximate surface area is 162 Å². The smallest absolute Gasteiger partial charge is 0.249 e. The molecule has 0 radical (unpaired) electrons. The number of carbonyl (C=O) groups is 1. The molecular formula is C19H14BrF2N3O2. The molecule has 1 aromatic heterocycles. The molecule has 0 saturated carbocycles. The Hall–Kier alpha value is -2.61. The highest BCUT2D eigenvalue weighted by Gasteiger charge is 2.36. The third-order valence-corrected chi connectivity index (χ3v) is 4.98. The molecule has 0 aliphatic carbocycles. The summed E-state index contributed by atoms with van der Waals surface area (Å²) in [6.07, 6.45) is 0.770. The Morgan fingerprint density at radius 2 is 2.07 bits per heavy atom. The average molecular weight is 434 g/mol. The van der Waals surface area contributed by atoms with Gasteiger partial charge in [0.2, 0.25) is 17.6 Å². The Morgan fingerprint density at radius 1 is 1.22 bits per heavy atom. The number of halogens is 3. The summed E-state index contributed by atoms with van der Waals surface area (Å²) in [5.41, 5.74) is 0.883. The van der Waals surface area contributed by atoms with Crippen LogP contribution in [0.1, 0.15) is 30.3 Å². The number of carbonyl (C=O) groups excluding carboxylic acids is 1. The van der Waals surface area contributed by atoms with Gasteiger partial charge in [-0.25, -0.2) is 8.78 Å². The van der Waals surface area contributed by atoms with E-state index in [1.54, 1.807) is 0 Å². The maximum absolute atomic E-state index is 14.0. The van der Waals surface area contributed by atoms with Crippen LogP contribution in [0.25, 0.3) is 11.4 Å². The van der Waals surface area contributed by atoms with Gasteiger partial charge in [-0.2, -0.15) is 4.98 Å². The van der Waals surface area contributed by atoms with Gasteiger partial charge in [0.15, 0.2) is 0 Å². The fraction of sp³-hybridized carbons (Fsp3) is 0.211. The number of nitrogens with zero attached hydrogens (tertiary/aromatic N) is 3. The summed E-state index contributed by atoms with van der Waals surface area (Å²) in [6, 6.07) is 10.2. The van der Waals surface area contributed by atoms with Crippen LogP contribution in [0.4, 0.5) is 8.78 Å². The number of hydrogen-bond acceptors (Lipinski definition) is 4. The van der Waals surface area contributed by atoms with Crippen molar-refractivity contribution in [3.63, 3.8) is 0 Å². The molecule has 3 aromatic rings. The number of likely N-dealkylation sites (tertiary alicyclic amines) is 1. The van der Waals surface area contributed by atoms with E-state index in [1.807, 2.05) is 24.3 Å². The minimum Gasteiger partial charge on any atom is -0.337 e. The Bertz CT molecular complexity index is 1010.